The van der Waals surface area contributed by atoms with Crippen LogP contribution < -0.4 is 5.32 Å². The van der Waals surface area contributed by atoms with E-state index in [1.54, 1.807) is 0 Å². The number of rotatable bonds is 5. The summed E-state index contributed by atoms with van der Waals surface area (Å²) in [7, 11) is 4.39. The van der Waals surface area contributed by atoms with Gasteiger partial charge in [0.2, 0.25) is 0 Å². The fraction of sp³-hybridized carbons (Fsp3) is 0.625. The van der Waals surface area contributed by atoms with Crippen LogP contribution in [0.3, 0.4) is 0 Å². The highest BCUT2D eigenvalue weighted by molar-refractivity contribution is 5.50. The molecule has 1 aromatic rings. The molecule has 0 atom stereocenters. The molecule has 0 unspecified atom stereocenters. The highest BCUT2D eigenvalue weighted by Gasteiger charge is 2.19. The molecular formula is C16H27N3. The first-order valence-electron chi connectivity index (χ1n) is 7.35. The van der Waals surface area contributed by atoms with Crippen LogP contribution in [-0.4, -0.2) is 56.1 Å². The van der Waals surface area contributed by atoms with Crippen molar-refractivity contribution in [3.63, 3.8) is 0 Å². The molecule has 0 aromatic heterocycles. The summed E-state index contributed by atoms with van der Waals surface area (Å²) >= 11 is 0. The molecule has 1 N–H and O–H groups in total. The minimum atomic E-state index is 0.778. The van der Waals surface area contributed by atoms with Crippen LogP contribution in [0, 0.1) is 6.92 Å². The Morgan fingerprint density at radius 1 is 1.21 bits per heavy atom. The van der Waals surface area contributed by atoms with Crippen LogP contribution in [0.2, 0.25) is 0 Å². The zero-order chi connectivity index (χ0) is 13.7. The second-order valence-corrected chi connectivity index (χ2v) is 5.78. The first-order chi connectivity index (χ1) is 9.16. The lowest BCUT2D eigenvalue weighted by Crippen LogP contribution is -2.43. The first-order valence-corrected chi connectivity index (χ1v) is 7.35. The SMILES string of the molecule is Cc1ccccc1NCCN1CCC(N(C)C)CC1. The minimum absolute atomic E-state index is 0.778. The number of benzene rings is 1. The smallest absolute Gasteiger partial charge is 0.0370 e. The Morgan fingerprint density at radius 3 is 2.53 bits per heavy atom. The van der Waals surface area contributed by atoms with E-state index in [2.05, 4.69) is 60.4 Å². The Morgan fingerprint density at radius 2 is 1.89 bits per heavy atom. The third-order valence-electron chi connectivity index (χ3n) is 4.18. The van der Waals surface area contributed by atoms with Gasteiger partial charge in [0.05, 0.1) is 0 Å². The van der Waals surface area contributed by atoms with Gasteiger partial charge in [0.15, 0.2) is 0 Å². The summed E-state index contributed by atoms with van der Waals surface area (Å²) in [6.07, 6.45) is 2.61. The molecule has 2 rings (SSSR count). The van der Waals surface area contributed by atoms with Crippen molar-refractivity contribution < 1.29 is 0 Å². The molecule has 1 aliphatic rings. The van der Waals surface area contributed by atoms with Crippen molar-refractivity contribution in [3.8, 4) is 0 Å². The van der Waals surface area contributed by atoms with Crippen molar-refractivity contribution in [2.45, 2.75) is 25.8 Å². The van der Waals surface area contributed by atoms with Crippen molar-refractivity contribution >= 4 is 5.69 Å². The van der Waals surface area contributed by atoms with Crippen molar-refractivity contribution in [2.75, 3.05) is 45.6 Å². The van der Waals surface area contributed by atoms with E-state index in [9.17, 15) is 0 Å². The van der Waals surface area contributed by atoms with E-state index in [0.717, 1.165) is 19.1 Å². The van der Waals surface area contributed by atoms with Crippen LogP contribution in [0.15, 0.2) is 24.3 Å². The van der Waals surface area contributed by atoms with Crippen LogP contribution in [-0.2, 0) is 0 Å². The van der Waals surface area contributed by atoms with Crippen molar-refractivity contribution in [1.29, 1.82) is 0 Å². The molecule has 1 heterocycles. The van der Waals surface area contributed by atoms with Gasteiger partial charge in [0.1, 0.15) is 0 Å². The Hall–Kier alpha value is -1.06. The maximum Gasteiger partial charge on any atom is 0.0370 e. The first kappa shape index (κ1) is 14.4. The predicted octanol–water partition coefficient (Wildman–Crippen LogP) is 2.43. The molecular weight excluding hydrogens is 234 g/mol. The lowest BCUT2D eigenvalue weighted by Gasteiger charge is -2.35. The molecule has 1 fully saturated rings. The summed E-state index contributed by atoms with van der Waals surface area (Å²) in [6.45, 7) is 6.81. The molecule has 0 aliphatic carbocycles. The van der Waals surface area contributed by atoms with E-state index in [1.165, 1.54) is 37.2 Å². The van der Waals surface area contributed by atoms with E-state index in [4.69, 9.17) is 0 Å². The number of hydrogen-bond acceptors (Lipinski definition) is 3. The van der Waals surface area contributed by atoms with E-state index < -0.39 is 0 Å². The molecule has 1 aromatic carbocycles. The van der Waals surface area contributed by atoms with E-state index >= 15 is 0 Å². The summed E-state index contributed by atoms with van der Waals surface area (Å²) in [5, 5.41) is 3.54. The fourth-order valence-corrected chi connectivity index (χ4v) is 2.78. The monoisotopic (exact) mass is 261 g/mol. The normalized spacial score (nSPS) is 17.9. The summed E-state index contributed by atoms with van der Waals surface area (Å²) in [5.41, 5.74) is 2.60. The standard InChI is InChI=1S/C16H27N3/c1-14-6-4-5-7-16(14)17-10-13-19-11-8-15(9-12-19)18(2)3/h4-7,15,17H,8-13H2,1-3H3. The number of nitrogens with zero attached hydrogens (tertiary/aromatic N) is 2. The summed E-state index contributed by atoms with van der Waals surface area (Å²) in [5.74, 6) is 0. The van der Waals surface area contributed by atoms with Gasteiger partial charge in [0, 0.05) is 24.8 Å². The zero-order valence-electron chi connectivity index (χ0n) is 12.5. The Balaban J connectivity index is 1.69. The highest BCUT2D eigenvalue weighted by Crippen LogP contribution is 2.15. The average Bonchev–Trinajstić information content (AvgIpc) is 2.41. The summed E-state index contributed by atoms with van der Waals surface area (Å²) in [4.78, 5) is 4.94. The van der Waals surface area contributed by atoms with Crippen molar-refractivity contribution in [2.24, 2.45) is 0 Å². The van der Waals surface area contributed by atoms with Gasteiger partial charge in [-0.1, -0.05) is 18.2 Å². The van der Waals surface area contributed by atoms with Gasteiger partial charge in [0.25, 0.3) is 0 Å². The molecule has 0 radical (unpaired) electrons. The van der Waals surface area contributed by atoms with Gasteiger partial charge in [-0.3, -0.25) is 0 Å². The molecule has 3 heteroatoms. The fourth-order valence-electron chi connectivity index (χ4n) is 2.78. The number of para-hydroxylation sites is 1. The van der Waals surface area contributed by atoms with Crippen LogP contribution in [0.4, 0.5) is 5.69 Å². The molecule has 3 nitrogen and oxygen atoms in total. The van der Waals surface area contributed by atoms with E-state index in [-0.39, 0.29) is 0 Å². The Kier molecular flexibility index (Phi) is 5.23. The van der Waals surface area contributed by atoms with Gasteiger partial charge in [-0.05, 0) is 58.6 Å². The highest BCUT2D eigenvalue weighted by atomic mass is 15.2. The predicted molar refractivity (Wildman–Crippen MR) is 82.8 cm³/mol. The Labute approximate surface area is 117 Å². The largest absolute Gasteiger partial charge is 0.384 e. The van der Waals surface area contributed by atoms with Crippen LogP contribution in [0.25, 0.3) is 0 Å². The maximum atomic E-state index is 3.54. The molecule has 0 spiro atoms. The van der Waals surface area contributed by atoms with Gasteiger partial charge in [-0.2, -0.15) is 0 Å². The van der Waals surface area contributed by atoms with Crippen molar-refractivity contribution in [3.05, 3.63) is 29.8 Å². The Bertz CT molecular complexity index is 381. The second kappa shape index (κ2) is 6.92. The molecule has 0 bridgehead atoms. The minimum Gasteiger partial charge on any atom is -0.384 e. The van der Waals surface area contributed by atoms with Gasteiger partial charge in [-0.15, -0.1) is 0 Å². The summed E-state index contributed by atoms with van der Waals surface area (Å²) < 4.78 is 0. The van der Waals surface area contributed by atoms with Crippen molar-refractivity contribution in [1.82, 2.24) is 9.80 Å². The quantitative estimate of drug-likeness (QED) is 0.878. The number of anilines is 1. The third-order valence-corrected chi connectivity index (χ3v) is 4.18. The van der Waals surface area contributed by atoms with Crippen LogP contribution >= 0.6 is 0 Å². The van der Waals surface area contributed by atoms with Gasteiger partial charge in [-0.25, -0.2) is 0 Å². The maximum absolute atomic E-state index is 3.54. The molecule has 1 aliphatic heterocycles. The molecule has 0 amide bonds. The lowest BCUT2D eigenvalue weighted by molar-refractivity contribution is 0.148. The number of piperidine rings is 1. The molecule has 1 saturated heterocycles. The molecule has 106 valence electrons. The summed E-state index contributed by atoms with van der Waals surface area (Å²) in [6, 6.07) is 9.28. The third kappa shape index (κ3) is 4.22. The average molecular weight is 261 g/mol. The molecule has 0 saturated carbocycles. The van der Waals surface area contributed by atoms with E-state index in [0.29, 0.717) is 0 Å². The zero-order valence-corrected chi connectivity index (χ0v) is 12.5. The van der Waals surface area contributed by atoms with Crippen LogP contribution in [0.1, 0.15) is 18.4 Å². The van der Waals surface area contributed by atoms with Crippen LogP contribution in [0.5, 0.6) is 0 Å². The second-order valence-electron chi connectivity index (χ2n) is 5.78. The van der Waals surface area contributed by atoms with E-state index in [1.807, 2.05) is 0 Å². The number of nitrogens with one attached hydrogen (secondary N) is 1. The number of hydrogen-bond donors (Lipinski definition) is 1. The topological polar surface area (TPSA) is 18.5 Å². The van der Waals surface area contributed by atoms with Gasteiger partial charge < -0.3 is 15.1 Å². The number of aryl methyl sites for hydroxylation is 1. The lowest BCUT2D eigenvalue weighted by atomic mass is 10.0. The van der Waals surface area contributed by atoms with Gasteiger partial charge >= 0.3 is 0 Å². The number of likely N-dealkylation sites (tertiary alicyclic amines) is 1. The molecule has 19 heavy (non-hydrogen) atoms.